The average molecular weight is 253 g/mol. The van der Waals surface area contributed by atoms with E-state index >= 15 is 0 Å². The molecule has 3 fully saturated rings. The third kappa shape index (κ3) is 2.89. The van der Waals surface area contributed by atoms with Crippen LogP contribution in [-0.4, -0.2) is 36.0 Å². The third-order valence-electron chi connectivity index (χ3n) is 5.17. The average Bonchev–Trinajstić information content (AvgIpc) is 3.05. The molecule has 0 aromatic heterocycles. The molecule has 3 heteroatoms. The molecule has 1 heterocycles. The molecule has 0 radical (unpaired) electrons. The first-order chi connectivity index (χ1) is 8.76. The molecule has 1 saturated heterocycles. The summed E-state index contributed by atoms with van der Waals surface area (Å²) < 4.78 is 6.28. The minimum atomic E-state index is -0.0405. The van der Waals surface area contributed by atoms with E-state index in [2.05, 4.69) is 5.32 Å². The Hall–Kier alpha value is -0.120. The van der Waals surface area contributed by atoms with Crippen molar-refractivity contribution >= 4 is 0 Å². The standard InChI is InChI=1S/C15H27NO2/c17-13-4-3-12(9-13)10-16-11-14-5-8-15(18-14)6-1-2-7-15/h12-14,16-17H,1-11H2. The molecule has 1 spiro atoms. The van der Waals surface area contributed by atoms with Crippen molar-refractivity contribution in [1.82, 2.24) is 5.32 Å². The van der Waals surface area contributed by atoms with Crippen molar-refractivity contribution in [3.63, 3.8) is 0 Å². The van der Waals surface area contributed by atoms with Gasteiger partial charge in [0.05, 0.1) is 17.8 Å². The van der Waals surface area contributed by atoms with Crippen molar-refractivity contribution in [3.8, 4) is 0 Å². The highest BCUT2D eigenvalue weighted by Gasteiger charge is 2.41. The maximum absolute atomic E-state index is 9.50. The van der Waals surface area contributed by atoms with Crippen LogP contribution in [0.2, 0.25) is 0 Å². The van der Waals surface area contributed by atoms with Crippen molar-refractivity contribution in [3.05, 3.63) is 0 Å². The van der Waals surface area contributed by atoms with Crippen LogP contribution in [-0.2, 0) is 4.74 Å². The Bertz CT molecular complexity index is 276. The number of rotatable bonds is 4. The van der Waals surface area contributed by atoms with Crippen molar-refractivity contribution in [2.75, 3.05) is 13.1 Å². The Balaban J connectivity index is 1.34. The van der Waals surface area contributed by atoms with E-state index in [0.717, 1.165) is 25.9 Å². The summed E-state index contributed by atoms with van der Waals surface area (Å²) in [5.74, 6) is 0.682. The van der Waals surface area contributed by atoms with Crippen LogP contribution in [0.15, 0.2) is 0 Å². The molecule has 2 N–H and O–H groups in total. The molecule has 3 unspecified atom stereocenters. The van der Waals surface area contributed by atoms with Gasteiger partial charge < -0.3 is 15.2 Å². The Kier molecular flexibility index (Phi) is 3.92. The molecular weight excluding hydrogens is 226 g/mol. The van der Waals surface area contributed by atoms with Gasteiger partial charge in [0.1, 0.15) is 0 Å². The fourth-order valence-corrected chi connectivity index (χ4v) is 4.11. The SMILES string of the molecule is OC1CCC(CNCC2CCC3(CCCC3)O2)C1. The van der Waals surface area contributed by atoms with Crippen LogP contribution in [0.5, 0.6) is 0 Å². The van der Waals surface area contributed by atoms with Crippen molar-refractivity contribution < 1.29 is 9.84 Å². The highest BCUT2D eigenvalue weighted by atomic mass is 16.5. The van der Waals surface area contributed by atoms with Crippen molar-refractivity contribution in [2.45, 2.75) is 75.6 Å². The first-order valence-electron chi connectivity index (χ1n) is 7.82. The predicted molar refractivity (Wildman–Crippen MR) is 71.5 cm³/mol. The van der Waals surface area contributed by atoms with E-state index in [4.69, 9.17) is 4.74 Å². The number of aliphatic hydroxyl groups is 1. The van der Waals surface area contributed by atoms with E-state index in [1.54, 1.807) is 0 Å². The van der Waals surface area contributed by atoms with E-state index in [9.17, 15) is 5.11 Å². The molecule has 0 aromatic rings. The van der Waals surface area contributed by atoms with Crippen LogP contribution in [0.4, 0.5) is 0 Å². The Morgan fingerprint density at radius 2 is 1.89 bits per heavy atom. The summed E-state index contributed by atoms with van der Waals surface area (Å²) in [6, 6.07) is 0. The molecule has 0 amide bonds. The summed E-state index contributed by atoms with van der Waals surface area (Å²) in [5, 5.41) is 13.1. The Morgan fingerprint density at radius 1 is 1.06 bits per heavy atom. The van der Waals surface area contributed by atoms with Gasteiger partial charge in [-0.05, 0) is 57.4 Å². The summed E-state index contributed by atoms with van der Waals surface area (Å²) in [4.78, 5) is 0. The van der Waals surface area contributed by atoms with Crippen LogP contribution in [0.25, 0.3) is 0 Å². The smallest absolute Gasteiger partial charge is 0.0708 e. The quantitative estimate of drug-likeness (QED) is 0.807. The van der Waals surface area contributed by atoms with Gasteiger partial charge in [-0.2, -0.15) is 0 Å². The second-order valence-electron chi connectivity index (χ2n) is 6.66. The zero-order chi connectivity index (χ0) is 12.4. The van der Waals surface area contributed by atoms with Gasteiger partial charge in [0.25, 0.3) is 0 Å². The fraction of sp³-hybridized carbons (Fsp3) is 1.00. The summed E-state index contributed by atoms with van der Waals surface area (Å²) in [6.45, 7) is 2.07. The molecular formula is C15H27NO2. The van der Waals surface area contributed by atoms with Gasteiger partial charge in [0.2, 0.25) is 0 Å². The number of hydrogen-bond acceptors (Lipinski definition) is 3. The largest absolute Gasteiger partial charge is 0.393 e. The van der Waals surface area contributed by atoms with E-state index in [1.165, 1.54) is 44.9 Å². The Morgan fingerprint density at radius 3 is 2.61 bits per heavy atom. The number of hydrogen-bond donors (Lipinski definition) is 2. The normalized spacial score (nSPS) is 38.8. The van der Waals surface area contributed by atoms with Crippen LogP contribution >= 0.6 is 0 Å². The third-order valence-corrected chi connectivity index (χ3v) is 5.17. The van der Waals surface area contributed by atoms with E-state index < -0.39 is 0 Å². The zero-order valence-corrected chi connectivity index (χ0v) is 11.4. The summed E-state index contributed by atoms with van der Waals surface area (Å²) >= 11 is 0. The number of aliphatic hydroxyl groups excluding tert-OH is 1. The molecule has 0 bridgehead atoms. The summed E-state index contributed by atoms with van der Waals surface area (Å²) in [5.41, 5.74) is 0.274. The van der Waals surface area contributed by atoms with Gasteiger partial charge in [-0.3, -0.25) is 0 Å². The van der Waals surface area contributed by atoms with Crippen molar-refractivity contribution in [1.29, 1.82) is 0 Å². The fourth-order valence-electron chi connectivity index (χ4n) is 4.11. The maximum atomic E-state index is 9.50. The van der Waals surface area contributed by atoms with Gasteiger partial charge >= 0.3 is 0 Å². The summed E-state index contributed by atoms with van der Waals surface area (Å²) in [7, 11) is 0. The highest BCUT2D eigenvalue weighted by Crippen LogP contribution is 2.43. The van der Waals surface area contributed by atoms with Gasteiger partial charge in [-0.15, -0.1) is 0 Å². The van der Waals surface area contributed by atoms with Gasteiger partial charge in [0.15, 0.2) is 0 Å². The highest BCUT2D eigenvalue weighted by molar-refractivity contribution is 4.93. The molecule has 1 aliphatic heterocycles. The van der Waals surface area contributed by atoms with Crippen LogP contribution in [0.3, 0.4) is 0 Å². The lowest BCUT2D eigenvalue weighted by atomic mass is 9.98. The molecule has 3 nitrogen and oxygen atoms in total. The van der Waals surface area contributed by atoms with Crippen LogP contribution < -0.4 is 5.32 Å². The number of ether oxygens (including phenoxy) is 1. The lowest BCUT2D eigenvalue weighted by Crippen LogP contribution is -2.33. The lowest BCUT2D eigenvalue weighted by molar-refractivity contribution is -0.0352. The van der Waals surface area contributed by atoms with E-state index in [-0.39, 0.29) is 11.7 Å². The second kappa shape index (κ2) is 5.48. The minimum Gasteiger partial charge on any atom is -0.393 e. The van der Waals surface area contributed by atoms with E-state index in [1.807, 2.05) is 0 Å². The topological polar surface area (TPSA) is 41.5 Å². The minimum absolute atomic E-state index is 0.0405. The van der Waals surface area contributed by atoms with Crippen LogP contribution in [0.1, 0.15) is 57.8 Å². The monoisotopic (exact) mass is 253 g/mol. The first-order valence-corrected chi connectivity index (χ1v) is 7.82. The van der Waals surface area contributed by atoms with Crippen LogP contribution in [0, 0.1) is 5.92 Å². The lowest BCUT2D eigenvalue weighted by Gasteiger charge is -2.24. The van der Waals surface area contributed by atoms with Gasteiger partial charge in [-0.25, -0.2) is 0 Å². The van der Waals surface area contributed by atoms with Gasteiger partial charge in [0, 0.05) is 6.54 Å². The van der Waals surface area contributed by atoms with Gasteiger partial charge in [-0.1, -0.05) is 12.8 Å². The molecule has 3 atom stereocenters. The molecule has 2 aliphatic carbocycles. The molecule has 3 rings (SSSR count). The molecule has 3 aliphatic rings. The molecule has 2 saturated carbocycles. The van der Waals surface area contributed by atoms with E-state index in [0.29, 0.717) is 12.0 Å². The number of nitrogens with one attached hydrogen (secondary N) is 1. The second-order valence-corrected chi connectivity index (χ2v) is 6.66. The predicted octanol–water partition coefficient (Wildman–Crippen LogP) is 2.23. The van der Waals surface area contributed by atoms with Crippen molar-refractivity contribution in [2.24, 2.45) is 5.92 Å². The zero-order valence-electron chi connectivity index (χ0n) is 11.4. The molecule has 104 valence electrons. The Labute approximate surface area is 110 Å². The maximum Gasteiger partial charge on any atom is 0.0708 e. The first kappa shape index (κ1) is 12.9. The molecule has 18 heavy (non-hydrogen) atoms. The summed E-state index contributed by atoms with van der Waals surface area (Å²) in [6.07, 6.45) is 11.4. The molecule has 0 aromatic carbocycles.